The largest absolute Gasteiger partial charge is 0.289 e. The summed E-state index contributed by atoms with van der Waals surface area (Å²) in [6.45, 7) is 0. The first kappa shape index (κ1) is 14.5. The van der Waals surface area contributed by atoms with Crippen molar-refractivity contribution in [2.45, 2.75) is 25.7 Å². The molecule has 1 aliphatic carbocycles. The molecular formula is C20H18O2. The Morgan fingerprint density at radius 3 is 1.32 bits per heavy atom. The van der Waals surface area contributed by atoms with Gasteiger partial charge in [-0.3, -0.25) is 9.59 Å². The van der Waals surface area contributed by atoms with E-state index < -0.39 is 0 Å². The highest BCUT2D eigenvalue weighted by atomic mass is 16.1. The van der Waals surface area contributed by atoms with Gasteiger partial charge in [-0.05, 0) is 25.7 Å². The fraction of sp³-hybridized carbons (Fsp3) is 0.200. The van der Waals surface area contributed by atoms with Crippen LogP contribution in [0.4, 0.5) is 0 Å². The molecule has 0 amide bonds. The van der Waals surface area contributed by atoms with Crippen LogP contribution in [0.3, 0.4) is 0 Å². The third kappa shape index (κ3) is 2.91. The molecule has 0 unspecified atom stereocenters. The molecule has 2 aromatic carbocycles. The minimum Gasteiger partial charge on any atom is -0.289 e. The van der Waals surface area contributed by atoms with Crippen molar-refractivity contribution in [3.8, 4) is 0 Å². The molecule has 1 aliphatic rings. The number of carbonyl (C=O) groups is 2. The second-order valence-electron chi connectivity index (χ2n) is 5.55. The lowest BCUT2D eigenvalue weighted by molar-refractivity contribution is 0.0989. The van der Waals surface area contributed by atoms with E-state index in [0.717, 1.165) is 12.8 Å². The van der Waals surface area contributed by atoms with Crippen LogP contribution in [0.5, 0.6) is 0 Å². The number of benzene rings is 2. The number of hydrogen-bond donors (Lipinski definition) is 0. The van der Waals surface area contributed by atoms with Gasteiger partial charge in [0.25, 0.3) is 0 Å². The summed E-state index contributed by atoms with van der Waals surface area (Å²) in [5.41, 5.74) is 2.73. The van der Waals surface area contributed by atoms with Crippen molar-refractivity contribution in [1.82, 2.24) is 0 Å². The van der Waals surface area contributed by atoms with Gasteiger partial charge in [-0.25, -0.2) is 0 Å². The van der Waals surface area contributed by atoms with E-state index in [0.29, 0.717) is 35.1 Å². The number of carbonyl (C=O) groups excluding carboxylic acids is 2. The third-order valence-corrected chi connectivity index (χ3v) is 4.09. The van der Waals surface area contributed by atoms with Gasteiger partial charge in [0, 0.05) is 22.3 Å². The van der Waals surface area contributed by atoms with E-state index in [1.54, 1.807) is 0 Å². The van der Waals surface area contributed by atoms with Gasteiger partial charge in [0.15, 0.2) is 11.6 Å². The minimum absolute atomic E-state index is 0.000388. The topological polar surface area (TPSA) is 34.1 Å². The van der Waals surface area contributed by atoms with Gasteiger partial charge in [-0.1, -0.05) is 60.7 Å². The normalized spacial score (nSPS) is 14.7. The van der Waals surface area contributed by atoms with Gasteiger partial charge < -0.3 is 0 Å². The maximum absolute atomic E-state index is 12.7. The van der Waals surface area contributed by atoms with Gasteiger partial charge in [0.05, 0.1) is 0 Å². The van der Waals surface area contributed by atoms with Crippen LogP contribution in [0.2, 0.25) is 0 Å². The molecule has 0 fully saturated rings. The number of ketones is 2. The van der Waals surface area contributed by atoms with Crippen molar-refractivity contribution in [3.05, 3.63) is 82.9 Å². The number of Topliss-reactive ketones (excluding diaryl/α,β-unsaturated/α-hetero) is 2. The molecule has 0 spiro atoms. The molecule has 3 rings (SSSR count). The van der Waals surface area contributed by atoms with E-state index in [1.807, 2.05) is 60.7 Å². The zero-order valence-corrected chi connectivity index (χ0v) is 12.4. The molecule has 0 aliphatic heterocycles. The molecule has 2 heteroatoms. The maximum Gasteiger partial charge on any atom is 0.189 e. The summed E-state index contributed by atoms with van der Waals surface area (Å²) in [4.78, 5) is 25.5. The second-order valence-corrected chi connectivity index (χ2v) is 5.55. The van der Waals surface area contributed by atoms with Gasteiger partial charge >= 0.3 is 0 Å². The van der Waals surface area contributed by atoms with Crippen LogP contribution in [0.25, 0.3) is 0 Å². The van der Waals surface area contributed by atoms with Gasteiger partial charge in [-0.15, -0.1) is 0 Å². The third-order valence-electron chi connectivity index (χ3n) is 4.09. The molecule has 0 N–H and O–H groups in total. The number of hydrogen-bond acceptors (Lipinski definition) is 2. The summed E-state index contributed by atoms with van der Waals surface area (Å²) in [7, 11) is 0. The highest BCUT2D eigenvalue weighted by molar-refractivity contribution is 6.18. The average Bonchev–Trinajstić information content (AvgIpc) is 2.62. The first-order chi connectivity index (χ1) is 10.8. The van der Waals surface area contributed by atoms with E-state index in [-0.39, 0.29) is 11.6 Å². The minimum atomic E-state index is -0.000388. The first-order valence-electron chi connectivity index (χ1n) is 7.69. The van der Waals surface area contributed by atoms with Gasteiger partial charge in [-0.2, -0.15) is 0 Å². The highest BCUT2D eigenvalue weighted by Crippen LogP contribution is 2.29. The molecule has 0 atom stereocenters. The fourth-order valence-electron chi connectivity index (χ4n) is 2.93. The molecule has 0 bridgehead atoms. The molecule has 0 aromatic heterocycles. The Morgan fingerprint density at radius 2 is 0.955 bits per heavy atom. The lowest BCUT2D eigenvalue weighted by Crippen LogP contribution is -2.16. The van der Waals surface area contributed by atoms with Crippen LogP contribution in [0, 0.1) is 0 Å². The maximum atomic E-state index is 12.7. The van der Waals surface area contributed by atoms with Crippen LogP contribution in [-0.4, -0.2) is 11.6 Å². The van der Waals surface area contributed by atoms with Crippen molar-refractivity contribution in [3.63, 3.8) is 0 Å². The highest BCUT2D eigenvalue weighted by Gasteiger charge is 2.25. The summed E-state index contributed by atoms with van der Waals surface area (Å²) < 4.78 is 0. The fourth-order valence-corrected chi connectivity index (χ4v) is 2.93. The first-order valence-corrected chi connectivity index (χ1v) is 7.69. The van der Waals surface area contributed by atoms with Crippen molar-refractivity contribution in [1.29, 1.82) is 0 Å². The van der Waals surface area contributed by atoms with Crippen molar-refractivity contribution in [2.24, 2.45) is 0 Å². The molecule has 2 nitrogen and oxygen atoms in total. The zero-order chi connectivity index (χ0) is 15.4. The van der Waals surface area contributed by atoms with Crippen molar-refractivity contribution >= 4 is 11.6 Å². The lowest BCUT2D eigenvalue weighted by atomic mass is 9.83. The molecule has 0 saturated carbocycles. The van der Waals surface area contributed by atoms with E-state index in [1.165, 1.54) is 0 Å². The molecule has 0 radical (unpaired) electrons. The van der Waals surface area contributed by atoms with Crippen LogP contribution in [0.15, 0.2) is 71.8 Å². The van der Waals surface area contributed by atoms with E-state index in [9.17, 15) is 9.59 Å². The van der Waals surface area contributed by atoms with E-state index in [2.05, 4.69) is 0 Å². The Labute approximate surface area is 130 Å². The quantitative estimate of drug-likeness (QED) is 0.770. The smallest absolute Gasteiger partial charge is 0.189 e. The van der Waals surface area contributed by atoms with Crippen LogP contribution >= 0.6 is 0 Å². The Morgan fingerprint density at radius 1 is 0.591 bits per heavy atom. The summed E-state index contributed by atoms with van der Waals surface area (Å²) >= 11 is 0. The molecule has 0 heterocycles. The molecule has 22 heavy (non-hydrogen) atoms. The lowest BCUT2D eigenvalue weighted by Gasteiger charge is -2.19. The second kappa shape index (κ2) is 6.52. The Balaban J connectivity index is 2.00. The van der Waals surface area contributed by atoms with Crippen molar-refractivity contribution < 1.29 is 9.59 Å². The standard InChI is InChI=1S/C20H18O2/c21-19(15-9-3-1-4-10-15)17-13-7-8-14-18(17)20(22)16-11-5-2-6-12-16/h1-6,9-12H,7-8,13-14H2. The monoisotopic (exact) mass is 290 g/mol. The summed E-state index contributed by atoms with van der Waals surface area (Å²) in [6, 6.07) is 18.5. The van der Waals surface area contributed by atoms with Gasteiger partial charge in [0.2, 0.25) is 0 Å². The summed E-state index contributed by atoms with van der Waals surface area (Å²) in [6.07, 6.45) is 3.34. The molecular weight excluding hydrogens is 272 g/mol. The SMILES string of the molecule is O=C(C1=C(C(=O)c2ccccc2)CCCC1)c1ccccc1. The molecule has 0 saturated heterocycles. The predicted octanol–water partition coefficient (Wildman–Crippen LogP) is 4.62. The Bertz CT molecular complexity index is 648. The van der Waals surface area contributed by atoms with E-state index in [4.69, 9.17) is 0 Å². The van der Waals surface area contributed by atoms with E-state index >= 15 is 0 Å². The van der Waals surface area contributed by atoms with Crippen LogP contribution in [-0.2, 0) is 0 Å². The number of allylic oxidation sites excluding steroid dienone is 2. The van der Waals surface area contributed by atoms with Crippen LogP contribution < -0.4 is 0 Å². The predicted molar refractivity (Wildman–Crippen MR) is 87.0 cm³/mol. The Kier molecular flexibility index (Phi) is 4.29. The molecule has 110 valence electrons. The van der Waals surface area contributed by atoms with Crippen molar-refractivity contribution in [2.75, 3.05) is 0 Å². The zero-order valence-electron chi connectivity index (χ0n) is 12.4. The summed E-state index contributed by atoms with van der Waals surface area (Å²) in [5, 5.41) is 0. The summed E-state index contributed by atoms with van der Waals surface area (Å²) in [5.74, 6) is -0.000776. The Hall–Kier alpha value is -2.48. The molecule has 2 aromatic rings. The van der Waals surface area contributed by atoms with Crippen LogP contribution in [0.1, 0.15) is 46.4 Å². The number of rotatable bonds is 4. The average molecular weight is 290 g/mol. The van der Waals surface area contributed by atoms with Gasteiger partial charge in [0.1, 0.15) is 0 Å².